The third-order valence-corrected chi connectivity index (χ3v) is 3.83. The molecule has 2 rings (SSSR count). The Kier molecular flexibility index (Phi) is 4.48. The summed E-state index contributed by atoms with van der Waals surface area (Å²) >= 11 is 4.92. The number of ether oxygens (including phenoxy) is 2. The molecule has 2 aromatic rings. The predicted molar refractivity (Wildman–Crippen MR) is 72.3 cm³/mol. The zero-order chi connectivity index (χ0) is 13.0. The molecule has 2 heterocycles. The van der Waals surface area contributed by atoms with Crippen molar-refractivity contribution < 1.29 is 9.47 Å². The molecule has 0 bridgehead atoms. The third-order valence-electron chi connectivity index (χ3n) is 2.29. The van der Waals surface area contributed by atoms with Crippen LogP contribution in [0.2, 0.25) is 0 Å². The number of hydrogen-bond donors (Lipinski definition) is 0. The van der Waals surface area contributed by atoms with Gasteiger partial charge in [-0.2, -0.15) is 4.98 Å². The van der Waals surface area contributed by atoms with Crippen molar-refractivity contribution in [2.45, 2.75) is 13.3 Å². The van der Waals surface area contributed by atoms with Crippen molar-refractivity contribution in [1.29, 1.82) is 0 Å². The van der Waals surface area contributed by atoms with Gasteiger partial charge in [-0.05, 0) is 22.9 Å². The summed E-state index contributed by atoms with van der Waals surface area (Å²) in [6, 6.07) is 0.317. The van der Waals surface area contributed by atoms with E-state index in [0.717, 1.165) is 12.1 Å². The van der Waals surface area contributed by atoms with E-state index >= 15 is 0 Å². The van der Waals surface area contributed by atoms with Crippen molar-refractivity contribution in [3.05, 3.63) is 26.8 Å². The van der Waals surface area contributed by atoms with Gasteiger partial charge in [0, 0.05) is 11.3 Å². The van der Waals surface area contributed by atoms with E-state index in [1.165, 1.54) is 4.88 Å². The first-order valence-corrected chi connectivity index (χ1v) is 6.96. The summed E-state index contributed by atoms with van der Waals surface area (Å²) in [6.07, 6.45) is 2.41. The quantitative estimate of drug-likeness (QED) is 0.843. The van der Waals surface area contributed by atoms with Crippen LogP contribution in [0.5, 0.6) is 11.9 Å². The number of nitrogens with zero attached hydrogens (tertiary/aromatic N) is 3. The summed E-state index contributed by atoms with van der Waals surface area (Å²) in [4.78, 5) is 13.6. The first-order valence-electron chi connectivity index (χ1n) is 5.29. The first kappa shape index (κ1) is 13.2. The van der Waals surface area contributed by atoms with Gasteiger partial charge in [0.05, 0.1) is 35.6 Å². The van der Waals surface area contributed by atoms with Crippen LogP contribution in [-0.2, 0) is 6.42 Å². The van der Waals surface area contributed by atoms with E-state index < -0.39 is 0 Å². The number of rotatable bonds is 5. The molecule has 0 radical (unpaired) electrons. The number of aryl methyl sites for hydroxylation is 1. The SMILES string of the molecule is COc1nc(OCCc2scnc2C)ncc1Br. The Labute approximate surface area is 117 Å². The zero-order valence-electron chi connectivity index (χ0n) is 10.0. The minimum atomic E-state index is 0.317. The summed E-state index contributed by atoms with van der Waals surface area (Å²) < 4.78 is 11.3. The lowest BCUT2D eigenvalue weighted by atomic mass is 10.3. The van der Waals surface area contributed by atoms with Gasteiger partial charge in [-0.25, -0.2) is 9.97 Å². The normalized spacial score (nSPS) is 10.4. The highest BCUT2D eigenvalue weighted by atomic mass is 79.9. The largest absolute Gasteiger partial charge is 0.480 e. The van der Waals surface area contributed by atoms with E-state index in [2.05, 4.69) is 30.9 Å². The molecule has 96 valence electrons. The van der Waals surface area contributed by atoms with Gasteiger partial charge in [-0.1, -0.05) is 0 Å². The van der Waals surface area contributed by atoms with E-state index in [4.69, 9.17) is 9.47 Å². The molecule has 0 amide bonds. The van der Waals surface area contributed by atoms with E-state index in [1.54, 1.807) is 24.6 Å². The molecule has 0 aliphatic heterocycles. The van der Waals surface area contributed by atoms with Gasteiger partial charge in [0.1, 0.15) is 0 Å². The van der Waals surface area contributed by atoms with Crippen LogP contribution in [0.1, 0.15) is 10.6 Å². The molecular formula is C11H12BrN3O2S. The van der Waals surface area contributed by atoms with Crippen molar-refractivity contribution >= 4 is 27.3 Å². The molecule has 0 aliphatic carbocycles. The van der Waals surface area contributed by atoms with Gasteiger partial charge >= 0.3 is 6.01 Å². The molecule has 0 spiro atoms. The van der Waals surface area contributed by atoms with Crippen LogP contribution in [0.15, 0.2) is 16.2 Å². The molecule has 0 fully saturated rings. The lowest BCUT2D eigenvalue weighted by molar-refractivity contribution is 0.288. The fourth-order valence-electron chi connectivity index (χ4n) is 1.35. The summed E-state index contributed by atoms with van der Waals surface area (Å²) in [5.41, 5.74) is 2.89. The highest BCUT2D eigenvalue weighted by Crippen LogP contribution is 2.22. The molecule has 0 aliphatic rings. The van der Waals surface area contributed by atoms with Crippen molar-refractivity contribution in [3.63, 3.8) is 0 Å². The molecular weight excluding hydrogens is 318 g/mol. The standard InChI is InChI=1S/C11H12BrN3O2S/c1-7-9(18-6-14-7)3-4-17-11-13-5-8(12)10(15-11)16-2/h5-6H,3-4H2,1-2H3. The summed E-state index contributed by atoms with van der Waals surface area (Å²) in [5.74, 6) is 0.467. The van der Waals surface area contributed by atoms with Crippen LogP contribution in [-0.4, -0.2) is 28.7 Å². The molecule has 0 unspecified atom stereocenters. The molecule has 7 heteroatoms. The van der Waals surface area contributed by atoms with Crippen molar-refractivity contribution in [2.24, 2.45) is 0 Å². The fourth-order valence-corrected chi connectivity index (χ4v) is 2.47. The maximum Gasteiger partial charge on any atom is 0.319 e. The highest BCUT2D eigenvalue weighted by Gasteiger charge is 2.07. The maximum atomic E-state index is 5.49. The smallest absolute Gasteiger partial charge is 0.319 e. The van der Waals surface area contributed by atoms with Gasteiger partial charge in [-0.3, -0.25) is 0 Å². The second-order valence-electron chi connectivity index (χ2n) is 3.47. The van der Waals surface area contributed by atoms with E-state index in [-0.39, 0.29) is 0 Å². The molecule has 18 heavy (non-hydrogen) atoms. The molecule has 2 aromatic heterocycles. The van der Waals surface area contributed by atoms with Crippen molar-refractivity contribution in [1.82, 2.24) is 15.0 Å². The molecule has 0 atom stereocenters. The average molecular weight is 330 g/mol. The van der Waals surface area contributed by atoms with E-state index in [1.807, 2.05) is 12.4 Å². The zero-order valence-corrected chi connectivity index (χ0v) is 12.4. The highest BCUT2D eigenvalue weighted by molar-refractivity contribution is 9.10. The Morgan fingerprint density at radius 2 is 2.22 bits per heavy atom. The summed E-state index contributed by atoms with van der Waals surface area (Å²) in [6.45, 7) is 2.51. The number of aromatic nitrogens is 3. The number of hydrogen-bond acceptors (Lipinski definition) is 6. The lowest BCUT2D eigenvalue weighted by Gasteiger charge is -2.06. The molecule has 0 saturated carbocycles. The van der Waals surface area contributed by atoms with Crippen LogP contribution in [0.4, 0.5) is 0 Å². The maximum absolute atomic E-state index is 5.49. The Balaban J connectivity index is 1.92. The number of thiazole rings is 1. The van der Waals surface area contributed by atoms with Crippen molar-refractivity contribution in [2.75, 3.05) is 13.7 Å². The third kappa shape index (κ3) is 3.17. The minimum Gasteiger partial charge on any atom is -0.480 e. The first-order chi connectivity index (χ1) is 8.70. The average Bonchev–Trinajstić information content (AvgIpc) is 2.77. The van der Waals surface area contributed by atoms with Gasteiger partial charge in [0.15, 0.2) is 0 Å². The second kappa shape index (κ2) is 6.10. The molecule has 0 saturated heterocycles. The molecule has 0 N–H and O–H groups in total. The van der Waals surface area contributed by atoms with Gasteiger partial charge in [0.2, 0.25) is 5.88 Å². The van der Waals surface area contributed by atoms with Crippen LogP contribution in [0.25, 0.3) is 0 Å². The van der Waals surface area contributed by atoms with Crippen molar-refractivity contribution in [3.8, 4) is 11.9 Å². The van der Waals surface area contributed by atoms with Crippen LogP contribution >= 0.6 is 27.3 Å². The monoisotopic (exact) mass is 329 g/mol. The van der Waals surface area contributed by atoms with Crippen LogP contribution < -0.4 is 9.47 Å². The van der Waals surface area contributed by atoms with Gasteiger partial charge in [0.25, 0.3) is 0 Å². The molecule has 5 nitrogen and oxygen atoms in total. The Hall–Kier alpha value is -1.21. The predicted octanol–water partition coefficient (Wildman–Crippen LogP) is 2.63. The van der Waals surface area contributed by atoms with Gasteiger partial charge in [-0.15, -0.1) is 11.3 Å². The second-order valence-corrected chi connectivity index (χ2v) is 5.26. The van der Waals surface area contributed by atoms with Crippen LogP contribution in [0.3, 0.4) is 0 Å². The topological polar surface area (TPSA) is 57.1 Å². The van der Waals surface area contributed by atoms with Gasteiger partial charge < -0.3 is 9.47 Å². The Morgan fingerprint density at radius 3 is 2.89 bits per heavy atom. The lowest BCUT2D eigenvalue weighted by Crippen LogP contribution is -2.05. The fraction of sp³-hybridized carbons (Fsp3) is 0.364. The van der Waals surface area contributed by atoms with E-state index in [9.17, 15) is 0 Å². The number of halogens is 1. The Morgan fingerprint density at radius 1 is 1.39 bits per heavy atom. The Bertz CT molecular complexity index is 533. The molecule has 0 aromatic carbocycles. The minimum absolute atomic E-state index is 0.317. The summed E-state index contributed by atoms with van der Waals surface area (Å²) in [7, 11) is 1.55. The number of methoxy groups -OCH3 is 1. The summed E-state index contributed by atoms with van der Waals surface area (Å²) in [5, 5.41) is 0. The van der Waals surface area contributed by atoms with E-state index in [0.29, 0.717) is 23.0 Å². The van der Waals surface area contributed by atoms with Crippen LogP contribution in [0, 0.1) is 6.92 Å².